The quantitative estimate of drug-likeness (QED) is 0.655. The van der Waals surface area contributed by atoms with E-state index in [2.05, 4.69) is 5.32 Å². The average molecular weight is 295 g/mol. The van der Waals surface area contributed by atoms with E-state index in [0.717, 1.165) is 0 Å². The summed E-state index contributed by atoms with van der Waals surface area (Å²) in [6.07, 6.45) is -0.610. The molecule has 0 aliphatic carbocycles. The van der Waals surface area contributed by atoms with Crippen molar-refractivity contribution in [2.45, 2.75) is 39.3 Å². The lowest BCUT2D eigenvalue weighted by Gasteiger charge is -2.23. The molecular formula is C14H21N3O4. The molecule has 0 radical (unpaired) electrons. The summed E-state index contributed by atoms with van der Waals surface area (Å²) in [6.45, 7) is 7.02. The summed E-state index contributed by atoms with van der Waals surface area (Å²) < 4.78 is 5.15. The van der Waals surface area contributed by atoms with Crippen molar-refractivity contribution in [1.82, 2.24) is 5.32 Å². The van der Waals surface area contributed by atoms with E-state index in [9.17, 15) is 14.9 Å². The van der Waals surface area contributed by atoms with Crippen LogP contribution < -0.4 is 11.1 Å². The summed E-state index contributed by atoms with van der Waals surface area (Å²) in [7, 11) is 0. The van der Waals surface area contributed by atoms with E-state index in [1.54, 1.807) is 39.8 Å². The molecule has 7 nitrogen and oxygen atoms in total. The molecule has 7 heteroatoms. The zero-order valence-corrected chi connectivity index (χ0v) is 12.7. The highest BCUT2D eigenvalue weighted by Gasteiger charge is 2.21. The van der Waals surface area contributed by atoms with Crippen molar-refractivity contribution in [3.63, 3.8) is 0 Å². The predicted molar refractivity (Wildman–Crippen MR) is 79.0 cm³/mol. The standard InChI is InChI=1S/C14H21N3O4/c1-9-5-6-10(7-12(9)17(19)20)11(8-15)16-13(18)21-14(2,3)4/h5-7,11H,8,15H2,1-4H3,(H,16,18). The Morgan fingerprint density at radius 2 is 2.10 bits per heavy atom. The minimum Gasteiger partial charge on any atom is -0.444 e. The number of carbonyl (C=O) groups is 1. The third-order valence-electron chi connectivity index (χ3n) is 2.76. The van der Waals surface area contributed by atoms with E-state index in [4.69, 9.17) is 10.5 Å². The van der Waals surface area contributed by atoms with Gasteiger partial charge in [-0.25, -0.2) is 4.79 Å². The number of benzene rings is 1. The summed E-state index contributed by atoms with van der Waals surface area (Å²) >= 11 is 0. The number of nitro benzene ring substituents is 1. The number of alkyl carbamates (subject to hydrolysis) is 1. The molecule has 0 saturated heterocycles. The zero-order valence-electron chi connectivity index (χ0n) is 12.7. The van der Waals surface area contributed by atoms with Crippen molar-refractivity contribution in [2.24, 2.45) is 5.73 Å². The normalized spacial score (nSPS) is 12.6. The van der Waals surface area contributed by atoms with Crippen molar-refractivity contribution < 1.29 is 14.5 Å². The number of rotatable bonds is 4. The fraction of sp³-hybridized carbons (Fsp3) is 0.500. The van der Waals surface area contributed by atoms with Gasteiger partial charge in [0.2, 0.25) is 0 Å². The Morgan fingerprint density at radius 1 is 1.48 bits per heavy atom. The van der Waals surface area contributed by atoms with Gasteiger partial charge < -0.3 is 15.8 Å². The van der Waals surface area contributed by atoms with Crippen LogP contribution in [0.5, 0.6) is 0 Å². The highest BCUT2D eigenvalue weighted by atomic mass is 16.6. The Labute approximate surface area is 123 Å². The first-order valence-corrected chi connectivity index (χ1v) is 6.58. The van der Waals surface area contributed by atoms with Gasteiger partial charge in [-0.15, -0.1) is 0 Å². The van der Waals surface area contributed by atoms with Gasteiger partial charge in [-0.2, -0.15) is 0 Å². The minimum absolute atomic E-state index is 0.00283. The molecule has 1 atom stereocenters. The maximum absolute atomic E-state index is 11.8. The lowest BCUT2D eigenvalue weighted by molar-refractivity contribution is -0.385. The van der Waals surface area contributed by atoms with Gasteiger partial charge in [-0.05, 0) is 33.3 Å². The highest BCUT2D eigenvalue weighted by molar-refractivity contribution is 5.68. The fourth-order valence-electron chi connectivity index (χ4n) is 1.77. The number of amides is 1. The molecule has 1 unspecified atom stereocenters. The molecule has 0 spiro atoms. The second-order valence-corrected chi connectivity index (χ2v) is 5.74. The number of nitrogens with one attached hydrogen (secondary N) is 1. The SMILES string of the molecule is Cc1ccc(C(CN)NC(=O)OC(C)(C)C)cc1[N+](=O)[O-]. The van der Waals surface area contributed by atoms with E-state index >= 15 is 0 Å². The zero-order chi connectivity index (χ0) is 16.2. The predicted octanol–water partition coefficient (Wildman–Crippen LogP) is 2.43. The minimum atomic E-state index is -0.623. The van der Waals surface area contributed by atoms with Crippen molar-refractivity contribution in [1.29, 1.82) is 0 Å². The third kappa shape index (κ3) is 5.03. The van der Waals surface area contributed by atoms with Crippen LogP contribution in [0, 0.1) is 17.0 Å². The molecule has 1 rings (SSSR count). The molecule has 1 aromatic carbocycles. The smallest absolute Gasteiger partial charge is 0.408 e. The van der Waals surface area contributed by atoms with Crippen LogP contribution >= 0.6 is 0 Å². The van der Waals surface area contributed by atoms with Crippen LogP contribution in [-0.2, 0) is 4.74 Å². The molecule has 0 aliphatic heterocycles. The van der Waals surface area contributed by atoms with E-state index in [1.807, 2.05) is 0 Å². The van der Waals surface area contributed by atoms with Crippen molar-refractivity contribution >= 4 is 11.8 Å². The van der Waals surface area contributed by atoms with Crippen molar-refractivity contribution in [3.05, 3.63) is 39.4 Å². The summed E-state index contributed by atoms with van der Waals surface area (Å²) in [5, 5.41) is 13.6. The molecule has 0 fully saturated rings. The third-order valence-corrected chi connectivity index (χ3v) is 2.76. The Morgan fingerprint density at radius 3 is 2.57 bits per heavy atom. The molecule has 0 saturated carbocycles. The van der Waals surface area contributed by atoms with Gasteiger partial charge in [0.05, 0.1) is 11.0 Å². The monoisotopic (exact) mass is 295 g/mol. The number of nitro groups is 1. The molecule has 21 heavy (non-hydrogen) atoms. The van der Waals surface area contributed by atoms with Gasteiger partial charge in [0, 0.05) is 18.2 Å². The maximum atomic E-state index is 11.8. The Balaban J connectivity index is 2.93. The van der Waals surface area contributed by atoms with Crippen LogP contribution in [0.1, 0.15) is 37.9 Å². The number of ether oxygens (including phenoxy) is 1. The van der Waals surface area contributed by atoms with Gasteiger partial charge in [-0.1, -0.05) is 12.1 Å². The summed E-state index contributed by atoms with van der Waals surface area (Å²) in [5.41, 5.74) is 6.14. The first-order valence-electron chi connectivity index (χ1n) is 6.58. The molecule has 0 heterocycles. The molecule has 1 aromatic rings. The van der Waals surface area contributed by atoms with E-state index in [-0.39, 0.29) is 12.2 Å². The maximum Gasteiger partial charge on any atom is 0.408 e. The van der Waals surface area contributed by atoms with E-state index < -0.39 is 22.7 Å². The molecule has 0 aliphatic rings. The first kappa shape index (κ1) is 16.9. The number of nitrogens with zero attached hydrogens (tertiary/aromatic N) is 1. The van der Waals surface area contributed by atoms with Crippen LogP contribution in [0.4, 0.5) is 10.5 Å². The largest absolute Gasteiger partial charge is 0.444 e. The number of nitrogens with two attached hydrogens (primary N) is 1. The molecule has 116 valence electrons. The summed E-state index contributed by atoms with van der Waals surface area (Å²) in [5.74, 6) is 0. The van der Waals surface area contributed by atoms with E-state index in [1.165, 1.54) is 6.07 Å². The van der Waals surface area contributed by atoms with Gasteiger partial charge >= 0.3 is 6.09 Å². The molecule has 3 N–H and O–H groups in total. The molecule has 1 amide bonds. The molecular weight excluding hydrogens is 274 g/mol. The van der Waals surface area contributed by atoms with Crippen LogP contribution in [-0.4, -0.2) is 23.2 Å². The van der Waals surface area contributed by atoms with Crippen LogP contribution in [0.3, 0.4) is 0 Å². The first-order chi connectivity index (χ1) is 9.64. The van der Waals surface area contributed by atoms with Gasteiger partial charge in [-0.3, -0.25) is 10.1 Å². The number of hydrogen-bond donors (Lipinski definition) is 2. The van der Waals surface area contributed by atoms with Crippen LogP contribution in [0.2, 0.25) is 0 Å². The van der Waals surface area contributed by atoms with Gasteiger partial charge in [0.15, 0.2) is 0 Å². The van der Waals surface area contributed by atoms with Crippen molar-refractivity contribution in [3.8, 4) is 0 Å². The lowest BCUT2D eigenvalue weighted by Crippen LogP contribution is -2.37. The Kier molecular flexibility index (Phi) is 5.26. The van der Waals surface area contributed by atoms with Gasteiger partial charge in [0.25, 0.3) is 5.69 Å². The van der Waals surface area contributed by atoms with Gasteiger partial charge in [0.1, 0.15) is 5.60 Å². The highest BCUT2D eigenvalue weighted by Crippen LogP contribution is 2.23. The lowest BCUT2D eigenvalue weighted by atomic mass is 10.0. The second-order valence-electron chi connectivity index (χ2n) is 5.74. The Bertz CT molecular complexity index is 538. The number of aryl methyl sites for hydroxylation is 1. The molecule has 0 bridgehead atoms. The van der Waals surface area contributed by atoms with Crippen molar-refractivity contribution in [2.75, 3.05) is 6.54 Å². The average Bonchev–Trinajstić information content (AvgIpc) is 2.34. The second kappa shape index (κ2) is 6.53. The van der Waals surface area contributed by atoms with Crippen LogP contribution in [0.25, 0.3) is 0 Å². The topological polar surface area (TPSA) is 107 Å². The summed E-state index contributed by atoms with van der Waals surface area (Å²) in [6, 6.07) is 4.22. The fourth-order valence-corrected chi connectivity index (χ4v) is 1.77. The summed E-state index contributed by atoms with van der Waals surface area (Å²) in [4.78, 5) is 22.3. The Hall–Kier alpha value is -2.15. The van der Waals surface area contributed by atoms with Crippen LogP contribution in [0.15, 0.2) is 18.2 Å². The number of carbonyl (C=O) groups excluding carboxylic acids is 1. The number of hydrogen-bond acceptors (Lipinski definition) is 5. The molecule has 0 aromatic heterocycles. The van der Waals surface area contributed by atoms with E-state index in [0.29, 0.717) is 11.1 Å².